The summed E-state index contributed by atoms with van der Waals surface area (Å²) in [5, 5.41) is 18.7. The molecule has 0 unspecified atom stereocenters. The fraction of sp³-hybridized carbons (Fsp3) is 0.0714. The fourth-order valence-electron chi connectivity index (χ4n) is 2.19. The summed E-state index contributed by atoms with van der Waals surface area (Å²) in [5.74, 6) is -2.36. The highest BCUT2D eigenvalue weighted by Crippen LogP contribution is 2.32. The van der Waals surface area contributed by atoms with E-state index in [-0.39, 0.29) is 23.6 Å². The first-order valence-corrected chi connectivity index (χ1v) is 6.02. The zero-order chi connectivity index (χ0) is 15.1. The molecule has 0 saturated heterocycles. The van der Waals surface area contributed by atoms with Gasteiger partial charge in [0.15, 0.2) is 0 Å². The van der Waals surface area contributed by atoms with Gasteiger partial charge in [-0.25, -0.2) is 14.6 Å². The Hall–Kier alpha value is -3.09. The van der Waals surface area contributed by atoms with Crippen LogP contribution in [-0.2, 0) is 11.2 Å². The third-order valence-corrected chi connectivity index (χ3v) is 3.17. The van der Waals surface area contributed by atoms with E-state index in [1.54, 1.807) is 12.1 Å². The van der Waals surface area contributed by atoms with Gasteiger partial charge < -0.3 is 20.7 Å². The molecule has 0 atom stereocenters. The van der Waals surface area contributed by atoms with Gasteiger partial charge in [-0.15, -0.1) is 0 Å². The minimum absolute atomic E-state index is 0.0910. The molecule has 0 amide bonds. The standard InChI is InChI=1S/C14H10N2O5/c15-8-4-7-3-6-1-2-9(13(17)18)16-10(6)5-11(7)21-12(8)14(19)20/h1-3,5H,4,15H2,(H,17,18)(H,19,20). The van der Waals surface area contributed by atoms with E-state index in [1.165, 1.54) is 12.1 Å². The highest BCUT2D eigenvalue weighted by Gasteiger charge is 2.23. The number of fused-ring (bicyclic) bond motifs is 2. The van der Waals surface area contributed by atoms with Crippen LogP contribution in [-0.4, -0.2) is 27.1 Å². The molecule has 1 aromatic heterocycles. The van der Waals surface area contributed by atoms with Gasteiger partial charge in [0.1, 0.15) is 11.4 Å². The van der Waals surface area contributed by atoms with Crippen molar-refractivity contribution in [3.8, 4) is 5.75 Å². The van der Waals surface area contributed by atoms with Crippen molar-refractivity contribution in [1.82, 2.24) is 4.98 Å². The van der Waals surface area contributed by atoms with Crippen molar-refractivity contribution in [3.63, 3.8) is 0 Å². The second-order valence-corrected chi connectivity index (χ2v) is 4.59. The van der Waals surface area contributed by atoms with Gasteiger partial charge in [0.25, 0.3) is 0 Å². The third-order valence-electron chi connectivity index (χ3n) is 3.17. The van der Waals surface area contributed by atoms with Crippen molar-refractivity contribution >= 4 is 22.8 Å². The van der Waals surface area contributed by atoms with E-state index in [2.05, 4.69) is 4.98 Å². The summed E-state index contributed by atoms with van der Waals surface area (Å²) in [6.07, 6.45) is 0.258. The summed E-state index contributed by atoms with van der Waals surface area (Å²) in [4.78, 5) is 25.9. The zero-order valence-corrected chi connectivity index (χ0v) is 10.7. The van der Waals surface area contributed by atoms with Crippen molar-refractivity contribution in [2.24, 2.45) is 5.73 Å². The number of allylic oxidation sites excluding steroid dienone is 1. The fourth-order valence-corrected chi connectivity index (χ4v) is 2.19. The Morgan fingerprint density at radius 2 is 1.95 bits per heavy atom. The van der Waals surface area contributed by atoms with Crippen molar-refractivity contribution in [1.29, 1.82) is 0 Å². The summed E-state index contributed by atoms with van der Waals surface area (Å²) in [7, 11) is 0. The number of carboxylic acid groups (broad SMARTS) is 2. The predicted octanol–water partition coefficient (Wildman–Crippen LogP) is 1.12. The number of benzene rings is 1. The largest absolute Gasteiger partial charge is 0.477 e. The Bertz CT molecular complexity index is 825. The number of aliphatic carboxylic acids is 1. The average Bonchev–Trinajstić information content (AvgIpc) is 2.43. The molecule has 1 aliphatic heterocycles. The third kappa shape index (κ3) is 2.14. The highest BCUT2D eigenvalue weighted by atomic mass is 16.5. The van der Waals surface area contributed by atoms with Crippen LogP contribution in [0.5, 0.6) is 5.75 Å². The maximum absolute atomic E-state index is 11.0. The van der Waals surface area contributed by atoms with Gasteiger partial charge in [-0.05, 0) is 12.1 Å². The summed E-state index contributed by atoms with van der Waals surface area (Å²) in [5.41, 5.74) is 6.88. The Morgan fingerprint density at radius 1 is 1.19 bits per heavy atom. The molecule has 0 spiro atoms. The minimum Gasteiger partial charge on any atom is -0.477 e. The number of rotatable bonds is 2. The smallest absolute Gasteiger partial charge is 0.373 e. The van der Waals surface area contributed by atoms with Crippen LogP contribution in [0.1, 0.15) is 16.1 Å². The number of nitrogens with zero attached hydrogens (tertiary/aromatic N) is 1. The number of carbonyl (C=O) groups is 2. The first kappa shape index (κ1) is 12.9. The number of ether oxygens (including phenoxy) is 1. The topological polar surface area (TPSA) is 123 Å². The lowest BCUT2D eigenvalue weighted by Gasteiger charge is -2.19. The van der Waals surface area contributed by atoms with Crippen LogP contribution in [0.25, 0.3) is 10.9 Å². The van der Waals surface area contributed by atoms with E-state index in [1.807, 2.05) is 0 Å². The molecule has 0 aliphatic carbocycles. The van der Waals surface area contributed by atoms with Crippen molar-refractivity contribution in [2.75, 3.05) is 0 Å². The number of pyridine rings is 1. The molecule has 106 valence electrons. The quantitative estimate of drug-likeness (QED) is 0.755. The predicted molar refractivity (Wildman–Crippen MR) is 71.9 cm³/mol. The van der Waals surface area contributed by atoms with Gasteiger partial charge in [0.05, 0.1) is 11.2 Å². The zero-order valence-electron chi connectivity index (χ0n) is 10.7. The maximum Gasteiger partial charge on any atom is 0.373 e. The van der Waals surface area contributed by atoms with Gasteiger partial charge >= 0.3 is 11.9 Å². The van der Waals surface area contributed by atoms with Gasteiger partial charge in [-0.3, -0.25) is 0 Å². The summed E-state index contributed by atoms with van der Waals surface area (Å²) in [6, 6.07) is 6.32. The number of carboxylic acids is 2. The van der Waals surface area contributed by atoms with Crippen LogP contribution in [0.3, 0.4) is 0 Å². The minimum atomic E-state index is -1.24. The molecule has 4 N–H and O–H groups in total. The summed E-state index contributed by atoms with van der Waals surface area (Å²) < 4.78 is 5.28. The number of hydrogen-bond acceptors (Lipinski definition) is 5. The van der Waals surface area contributed by atoms with Gasteiger partial charge in [-0.2, -0.15) is 0 Å². The molecule has 0 radical (unpaired) electrons. The first-order valence-electron chi connectivity index (χ1n) is 6.02. The van der Waals surface area contributed by atoms with Crippen molar-refractivity contribution in [3.05, 3.63) is 47.0 Å². The van der Waals surface area contributed by atoms with Crippen LogP contribution < -0.4 is 10.5 Å². The van der Waals surface area contributed by atoms with Gasteiger partial charge in [0, 0.05) is 23.4 Å². The normalized spacial score (nSPS) is 13.7. The van der Waals surface area contributed by atoms with E-state index in [0.717, 1.165) is 10.9 Å². The number of nitrogens with two attached hydrogens (primary N) is 1. The van der Waals surface area contributed by atoms with Crippen LogP contribution in [0.2, 0.25) is 0 Å². The molecule has 3 rings (SSSR count). The lowest BCUT2D eigenvalue weighted by molar-refractivity contribution is -0.135. The van der Waals surface area contributed by atoms with E-state index in [0.29, 0.717) is 11.3 Å². The molecule has 7 heteroatoms. The molecule has 0 fully saturated rings. The van der Waals surface area contributed by atoms with Crippen molar-refractivity contribution < 1.29 is 24.5 Å². The molecule has 2 aromatic rings. The molecule has 1 aliphatic rings. The molecule has 2 heterocycles. The molecule has 7 nitrogen and oxygen atoms in total. The Labute approximate surface area is 118 Å². The molecular formula is C14H10N2O5. The molecule has 1 aromatic carbocycles. The van der Waals surface area contributed by atoms with E-state index < -0.39 is 11.9 Å². The van der Waals surface area contributed by atoms with E-state index >= 15 is 0 Å². The van der Waals surface area contributed by atoms with E-state index in [9.17, 15) is 9.59 Å². The highest BCUT2D eigenvalue weighted by molar-refractivity contribution is 5.91. The van der Waals surface area contributed by atoms with Crippen LogP contribution in [0, 0.1) is 0 Å². The molecule has 21 heavy (non-hydrogen) atoms. The molecule has 0 saturated carbocycles. The monoisotopic (exact) mass is 286 g/mol. The number of aromatic nitrogens is 1. The van der Waals surface area contributed by atoms with Crippen LogP contribution >= 0.6 is 0 Å². The van der Waals surface area contributed by atoms with E-state index in [4.69, 9.17) is 20.7 Å². The summed E-state index contributed by atoms with van der Waals surface area (Å²) in [6.45, 7) is 0. The number of aromatic carboxylic acids is 1. The lowest BCUT2D eigenvalue weighted by Crippen LogP contribution is -2.21. The SMILES string of the molecule is NC1=C(C(=O)O)Oc2cc3nc(C(=O)O)ccc3cc2C1. The van der Waals surface area contributed by atoms with Crippen LogP contribution in [0.15, 0.2) is 35.7 Å². The second kappa shape index (κ2) is 4.48. The van der Waals surface area contributed by atoms with Crippen molar-refractivity contribution in [2.45, 2.75) is 6.42 Å². The lowest BCUT2D eigenvalue weighted by atomic mass is 10.0. The molecular weight excluding hydrogens is 276 g/mol. The van der Waals surface area contributed by atoms with Gasteiger partial charge in [-0.1, -0.05) is 6.07 Å². The molecule has 0 bridgehead atoms. The Kier molecular flexibility index (Phi) is 2.76. The average molecular weight is 286 g/mol. The Balaban J connectivity index is 2.13. The second-order valence-electron chi connectivity index (χ2n) is 4.59. The van der Waals surface area contributed by atoms with Crippen LogP contribution in [0.4, 0.5) is 0 Å². The Morgan fingerprint density at radius 3 is 2.62 bits per heavy atom. The van der Waals surface area contributed by atoms with Gasteiger partial charge in [0.2, 0.25) is 5.76 Å². The maximum atomic E-state index is 11.0. The summed E-state index contributed by atoms with van der Waals surface area (Å²) >= 11 is 0. The number of hydrogen-bond donors (Lipinski definition) is 3. The first-order chi connectivity index (χ1) is 9.95.